The normalized spacial score (nSPS) is 23.7. The quantitative estimate of drug-likeness (QED) is 0.409. The van der Waals surface area contributed by atoms with Crippen molar-refractivity contribution in [2.24, 2.45) is 5.41 Å². The van der Waals surface area contributed by atoms with Crippen molar-refractivity contribution in [1.82, 2.24) is 0 Å². The summed E-state index contributed by atoms with van der Waals surface area (Å²) in [5, 5.41) is 0. The van der Waals surface area contributed by atoms with Crippen LogP contribution in [0.1, 0.15) is 50.2 Å². The van der Waals surface area contributed by atoms with Gasteiger partial charge in [-0.15, -0.1) is 0 Å². The average Bonchev–Trinajstić information content (AvgIpc) is 3.26. The minimum atomic E-state index is -1.41. The van der Waals surface area contributed by atoms with Gasteiger partial charge in [-0.2, -0.15) is 0 Å². The molecule has 168 valence electrons. The highest BCUT2D eigenvalue weighted by Crippen LogP contribution is 2.60. The van der Waals surface area contributed by atoms with Crippen LogP contribution in [0.25, 0.3) is 6.08 Å². The van der Waals surface area contributed by atoms with Crippen LogP contribution in [0.2, 0.25) is 0 Å². The Morgan fingerprint density at radius 2 is 1.59 bits per heavy atom. The predicted octanol–water partition coefficient (Wildman–Crippen LogP) is 5.78. The summed E-state index contributed by atoms with van der Waals surface area (Å²) < 4.78 is 0.897. The number of Topliss-reactive ketones (excluding diaryl/α,β-unsaturated/α-hetero) is 3. The highest BCUT2D eigenvalue weighted by atomic mass is 79.9. The molecule has 5 heteroatoms. The Bertz CT molecular complexity index is 1390. The molecule has 1 saturated heterocycles. The van der Waals surface area contributed by atoms with Crippen LogP contribution in [-0.4, -0.2) is 29.4 Å². The second-order valence-corrected chi connectivity index (χ2v) is 10.3. The lowest BCUT2D eigenvalue weighted by Crippen LogP contribution is -2.48. The van der Waals surface area contributed by atoms with Crippen LogP contribution < -0.4 is 4.90 Å². The van der Waals surface area contributed by atoms with E-state index in [0.717, 1.165) is 26.9 Å². The van der Waals surface area contributed by atoms with E-state index in [0.29, 0.717) is 11.1 Å². The summed E-state index contributed by atoms with van der Waals surface area (Å²) in [6.07, 6.45) is 3.95. The van der Waals surface area contributed by atoms with Gasteiger partial charge in [0.25, 0.3) is 0 Å². The van der Waals surface area contributed by atoms with Gasteiger partial charge in [0.2, 0.25) is 0 Å². The molecule has 2 heterocycles. The van der Waals surface area contributed by atoms with Crippen molar-refractivity contribution in [2.45, 2.75) is 31.8 Å². The molecule has 0 saturated carbocycles. The number of carbonyl (C=O) groups excluding carboxylic acids is 3. The first-order chi connectivity index (χ1) is 16.4. The fourth-order valence-corrected chi connectivity index (χ4v) is 6.56. The van der Waals surface area contributed by atoms with Crippen LogP contribution in [0, 0.1) is 12.3 Å². The first-order valence-corrected chi connectivity index (χ1v) is 12.2. The summed E-state index contributed by atoms with van der Waals surface area (Å²) in [4.78, 5) is 43.9. The molecule has 3 aliphatic rings. The van der Waals surface area contributed by atoms with Gasteiger partial charge in [0, 0.05) is 27.2 Å². The van der Waals surface area contributed by atoms with Gasteiger partial charge in [-0.25, -0.2) is 0 Å². The van der Waals surface area contributed by atoms with Gasteiger partial charge in [-0.3, -0.25) is 14.4 Å². The fourth-order valence-electron chi connectivity index (χ4n) is 6.29. The molecule has 0 amide bonds. The number of anilines is 1. The molecule has 1 fully saturated rings. The van der Waals surface area contributed by atoms with Crippen LogP contribution in [0.4, 0.5) is 5.69 Å². The fraction of sp³-hybridized carbons (Fsp3) is 0.207. The van der Waals surface area contributed by atoms with Crippen molar-refractivity contribution in [1.29, 1.82) is 0 Å². The van der Waals surface area contributed by atoms with Crippen molar-refractivity contribution in [3.8, 4) is 0 Å². The molecule has 0 aromatic heterocycles. The summed E-state index contributed by atoms with van der Waals surface area (Å²) in [6, 6.07) is 19.6. The third-order valence-corrected chi connectivity index (χ3v) is 8.13. The molecule has 0 radical (unpaired) electrons. The van der Waals surface area contributed by atoms with Crippen LogP contribution in [0.3, 0.4) is 0 Å². The van der Waals surface area contributed by atoms with E-state index in [2.05, 4.69) is 22.0 Å². The Morgan fingerprint density at radius 3 is 2.21 bits per heavy atom. The van der Waals surface area contributed by atoms with Gasteiger partial charge in [-0.1, -0.05) is 76.1 Å². The van der Waals surface area contributed by atoms with Crippen LogP contribution in [0.5, 0.6) is 0 Å². The monoisotopic (exact) mass is 511 g/mol. The number of aryl methyl sites for hydroxylation is 1. The van der Waals surface area contributed by atoms with E-state index in [4.69, 9.17) is 0 Å². The van der Waals surface area contributed by atoms with E-state index in [-0.39, 0.29) is 17.3 Å². The van der Waals surface area contributed by atoms with E-state index >= 15 is 0 Å². The van der Waals surface area contributed by atoms with Crippen LogP contribution in [-0.2, 0) is 4.79 Å². The number of ketones is 3. The Morgan fingerprint density at radius 1 is 0.941 bits per heavy atom. The summed E-state index contributed by atoms with van der Waals surface area (Å²) >= 11 is 3.49. The number of hydrogen-bond acceptors (Lipinski definition) is 4. The summed E-state index contributed by atoms with van der Waals surface area (Å²) in [5.74, 6) is -1.07. The Hall–Kier alpha value is -3.31. The van der Waals surface area contributed by atoms with Crippen molar-refractivity contribution in [3.63, 3.8) is 0 Å². The van der Waals surface area contributed by atoms with Gasteiger partial charge in [0.15, 0.2) is 17.3 Å². The van der Waals surface area contributed by atoms with Gasteiger partial charge in [0.1, 0.15) is 5.41 Å². The number of fused-ring (bicyclic) bond motifs is 5. The number of benzene rings is 3. The van der Waals surface area contributed by atoms with Crippen LogP contribution >= 0.6 is 15.9 Å². The van der Waals surface area contributed by atoms with E-state index in [1.54, 1.807) is 31.2 Å². The lowest BCUT2D eigenvalue weighted by molar-refractivity contribution is -0.118. The molecule has 1 unspecified atom stereocenters. The van der Waals surface area contributed by atoms with Gasteiger partial charge in [0.05, 0.1) is 12.1 Å². The van der Waals surface area contributed by atoms with Gasteiger partial charge >= 0.3 is 0 Å². The third-order valence-electron chi connectivity index (χ3n) is 7.60. The average molecular weight is 512 g/mol. The number of rotatable bonds is 2. The molecular formula is C29H22BrNO3. The lowest BCUT2D eigenvalue weighted by Gasteiger charge is -2.37. The molecule has 0 bridgehead atoms. The zero-order valence-corrected chi connectivity index (χ0v) is 20.4. The summed E-state index contributed by atoms with van der Waals surface area (Å²) in [7, 11) is 0. The maximum Gasteiger partial charge on any atom is 0.180 e. The number of hydrogen-bond donors (Lipinski definition) is 0. The Kier molecular flexibility index (Phi) is 4.59. The van der Waals surface area contributed by atoms with E-state index in [1.807, 2.05) is 60.4 Å². The van der Waals surface area contributed by atoms with E-state index < -0.39 is 23.4 Å². The topological polar surface area (TPSA) is 54.5 Å². The minimum Gasteiger partial charge on any atom is -0.352 e. The molecule has 1 spiro atoms. The molecule has 3 aromatic rings. The zero-order chi connectivity index (χ0) is 23.8. The molecule has 2 aliphatic heterocycles. The minimum absolute atomic E-state index is 0.0619. The lowest BCUT2D eigenvalue weighted by atomic mass is 9.64. The van der Waals surface area contributed by atoms with E-state index in [1.165, 1.54) is 0 Å². The Balaban J connectivity index is 1.68. The van der Waals surface area contributed by atoms with Crippen molar-refractivity contribution < 1.29 is 14.4 Å². The third kappa shape index (κ3) is 2.62. The van der Waals surface area contributed by atoms with Gasteiger partial charge < -0.3 is 4.90 Å². The largest absolute Gasteiger partial charge is 0.352 e. The number of nitrogens with zero attached hydrogens (tertiary/aromatic N) is 1. The van der Waals surface area contributed by atoms with Crippen molar-refractivity contribution in [3.05, 3.63) is 105 Å². The number of carbonyl (C=O) groups is 3. The first kappa shape index (κ1) is 21.2. The molecule has 0 N–H and O–H groups in total. The van der Waals surface area contributed by atoms with E-state index in [9.17, 15) is 14.4 Å². The molecule has 34 heavy (non-hydrogen) atoms. The smallest absolute Gasteiger partial charge is 0.180 e. The zero-order valence-electron chi connectivity index (χ0n) is 18.8. The second-order valence-electron chi connectivity index (χ2n) is 9.43. The van der Waals surface area contributed by atoms with Crippen molar-refractivity contribution in [2.75, 3.05) is 4.90 Å². The summed E-state index contributed by atoms with van der Waals surface area (Å²) in [6.45, 7) is 3.59. The predicted molar refractivity (Wildman–Crippen MR) is 135 cm³/mol. The molecule has 6 rings (SSSR count). The molecule has 4 nitrogen and oxygen atoms in total. The van der Waals surface area contributed by atoms with Gasteiger partial charge in [-0.05, 0) is 49.2 Å². The van der Waals surface area contributed by atoms with Crippen LogP contribution in [0.15, 0.2) is 77.3 Å². The maximum atomic E-state index is 14.3. The molecule has 3 aromatic carbocycles. The SMILES string of the molecule is CC(=O)[C@H]1[C@H](c2ccc(Br)cc2)C2(C(=O)c3ccccc3C2=O)C2C=Cc3cc(C)ccc3N21. The molecule has 3 atom stereocenters. The Labute approximate surface area is 206 Å². The summed E-state index contributed by atoms with van der Waals surface area (Å²) in [5.41, 5.74) is 3.28. The highest BCUT2D eigenvalue weighted by molar-refractivity contribution is 9.10. The second kappa shape index (κ2) is 7.34. The highest BCUT2D eigenvalue weighted by Gasteiger charge is 2.71. The molecule has 1 aliphatic carbocycles. The maximum absolute atomic E-state index is 14.3. The first-order valence-electron chi connectivity index (χ1n) is 11.4. The van der Waals surface area contributed by atoms with Crippen molar-refractivity contribution >= 4 is 45.0 Å². The number of halogens is 1. The molecular weight excluding hydrogens is 490 g/mol. The standard InChI is InChI=1S/C29H22BrNO3/c1-16-7-13-23-19(15-16)10-14-24-29(27(33)21-5-3-4-6-22(21)28(29)34)25(26(17(2)32)31(23)24)18-8-11-20(30)12-9-18/h3-15,24-26H,1-2H3/t24?,25-,26-/m0/s1.